The number of nitrogens with zero attached hydrogens (tertiary/aromatic N) is 4. The number of urea groups is 1. The van der Waals surface area contributed by atoms with E-state index in [0.29, 0.717) is 12.5 Å². The van der Waals surface area contributed by atoms with Crippen molar-refractivity contribution in [2.75, 3.05) is 19.6 Å². The Morgan fingerprint density at radius 2 is 2.33 bits per heavy atom. The second-order valence-corrected chi connectivity index (χ2v) is 7.78. The molecular formula is C17H25N5OS. The van der Waals surface area contributed by atoms with Crippen molar-refractivity contribution in [3.63, 3.8) is 0 Å². The van der Waals surface area contributed by atoms with E-state index in [1.165, 1.54) is 4.88 Å². The molecule has 7 heteroatoms. The van der Waals surface area contributed by atoms with Gasteiger partial charge in [0.15, 0.2) is 0 Å². The van der Waals surface area contributed by atoms with Crippen molar-refractivity contribution in [3.8, 4) is 0 Å². The standard InChI is InChI=1S/C17H25N5OS/c1-13-11-20-16(24-13)5-6-19-17(23)22-8-3-4-14(12-22)10-15-18-7-9-21(15)2/h7,9,11,14H,3-6,8,10,12H2,1-2H3,(H,19,23)/t14-/m1/s1. The molecular weight excluding hydrogens is 322 g/mol. The molecule has 0 spiro atoms. The Morgan fingerprint density at radius 1 is 1.46 bits per heavy atom. The van der Waals surface area contributed by atoms with Crippen molar-refractivity contribution < 1.29 is 4.79 Å². The molecule has 1 atom stereocenters. The van der Waals surface area contributed by atoms with E-state index in [2.05, 4.69) is 26.8 Å². The zero-order valence-electron chi connectivity index (χ0n) is 14.4. The number of piperidine rings is 1. The van der Waals surface area contributed by atoms with Crippen LogP contribution in [0.15, 0.2) is 18.6 Å². The first-order valence-corrected chi connectivity index (χ1v) is 9.33. The average Bonchev–Trinajstić information content (AvgIpc) is 3.16. The normalized spacial score (nSPS) is 17.9. The molecule has 0 saturated carbocycles. The molecule has 0 aliphatic carbocycles. The van der Waals surface area contributed by atoms with Crippen LogP contribution in [0.4, 0.5) is 4.79 Å². The van der Waals surface area contributed by atoms with Gasteiger partial charge < -0.3 is 14.8 Å². The molecule has 2 aromatic rings. The lowest BCUT2D eigenvalue weighted by Crippen LogP contribution is -2.46. The smallest absolute Gasteiger partial charge is 0.317 e. The summed E-state index contributed by atoms with van der Waals surface area (Å²) in [5, 5.41) is 4.12. The van der Waals surface area contributed by atoms with E-state index in [9.17, 15) is 4.79 Å². The first-order chi connectivity index (χ1) is 11.6. The van der Waals surface area contributed by atoms with E-state index in [-0.39, 0.29) is 6.03 Å². The number of amides is 2. The zero-order chi connectivity index (χ0) is 16.9. The number of thiazole rings is 1. The third-order valence-corrected chi connectivity index (χ3v) is 5.46. The summed E-state index contributed by atoms with van der Waals surface area (Å²) in [4.78, 5) is 24.3. The maximum Gasteiger partial charge on any atom is 0.317 e. The molecule has 1 fully saturated rings. The zero-order valence-corrected chi connectivity index (χ0v) is 15.2. The number of aromatic nitrogens is 3. The minimum atomic E-state index is 0.0489. The van der Waals surface area contributed by atoms with Crippen LogP contribution in [0.2, 0.25) is 0 Å². The first-order valence-electron chi connectivity index (χ1n) is 8.52. The molecule has 24 heavy (non-hydrogen) atoms. The Hall–Kier alpha value is -1.89. The van der Waals surface area contributed by atoms with Crippen molar-refractivity contribution in [2.45, 2.75) is 32.6 Å². The Kier molecular flexibility index (Phi) is 5.50. The number of imidazole rings is 1. The van der Waals surface area contributed by atoms with Crippen molar-refractivity contribution in [3.05, 3.63) is 34.3 Å². The van der Waals surface area contributed by atoms with Gasteiger partial charge in [0.25, 0.3) is 0 Å². The minimum Gasteiger partial charge on any atom is -0.338 e. The molecule has 1 saturated heterocycles. The average molecular weight is 347 g/mol. The molecule has 1 N–H and O–H groups in total. The highest BCUT2D eigenvalue weighted by molar-refractivity contribution is 7.11. The van der Waals surface area contributed by atoms with Gasteiger partial charge in [-0.25, -0.2) is 14.8 Å². The lowest BCUT2D eigenvalue weighted by atomic mass is 9.94. The molecule has 2 aromatic heterocycles. The van der Waals surface area contributed by atoms with Gasteiger partial charge in [0.1, 0.15) is 5.82 Å². The van der Waals surface area contributed by atoms with Crippen LogP contribution in [-0.2, 0) is 19.9 Å². The summed E-state index contributed by atoms with van der Waals surface area (Å²) in [7, 11) is 2.02. The summed E-state index contributed by atoms with van der Waals surface area (Å²) >= 11 is 1.69. The summed E-state index contributed by atoms with van der Waals surface area (Å²) in [6.45, 7) is 4.36. The number of hydrogen-bond acceptors (Lipinski definition) is 4. The quantitative estimate of drug-likeness (QED) is 0.903. The Labute approximate surface area is 146 Å². The van der Waals surface area contributed by atoms with Gasteiger partial charge >= 0.3 is 6.03 Å². The van der Waals surface area contributed by atoms with Crippen LogP contribution in [0.25, 0.3) is 0 Å². The summed E-state index contributed by atoms with van der Waals surface area (Å²) < 4.78 is 2.06. The van der Waals surface area contributed by atoms with E-state index in [1.54, 1.807) is 11.3 Å². The molecule has 0 radical (unpaired) electrons. The fraction of sp³-hybridized carbons (Fsp3) is 0.588. The summed E-state index contributed by atoms with van der Waals surface area (Å²) in [6.07, 6.45) is 9.66. The van der Waals surface area contributed by atoms with Gasteiger partial charge in [0.2, 0.25) is 0 Å². The van der Waals surface area contributed by atoms with E-state index >= 15 is 0 Å². The van der Waals surface area contributed by atoms with Gasteiger partial charge in [-0.05, 0) is 25.7 Å². The molecule has 0 unspecified atom stereocenters. The van der Waals surface area contributed by atoms with Crippen molar-refractivity contribution in [2.24, 2.45) is 13.0 Å². The third-order valence-electron chi connectivity index (χ3n) is 4.48. The summed E-state index contributed by atoms with van der Waals surface area (Å²) in [6, 6.07) is 0.0489. The van der Waals surface area contributed by atoms with Gasteiger partial charge in [0.05, 0.1) is 5.01 Å². The van der Waals surface area contributed by atoms with Crippen LogP contribution in [-0.4, -0.2) is 45.1 Å². The lowest BCUT2D eigenvalue weighted by Gasteiger charge is -2.32. The first kappa shape index (κ1) is 17.0. The summed E-state index contributed by atoms with van der Waals surface area (Å²) in [5.41, 5.74) is 0. The number of aryl methyl sites for hydroxylation is 2. The summed E-state index contributed by atoms with van der Waals surface area (Å²) in [5.74, 6) is 1.59. The molecule has 0 aromatic carbocycles. The van der Waals surface area contributed by atoms with Gasteiger partial charge in [-0.3, -0.25) is 0 Å². The van der Waals surface area contributed by atoms with Crippen molar-refractivity contribution in [1.82, 2.24) is 24.8 Å². The van der Waals surface area contributed by atoms with Crippen LogP contribution < -0.4 is 5.32 Å². The van der Waals surface area contributed by atoms with Crippen LogP contribution in [0, 0.1) is 12.8 Å². The maximum atomic E-state index is 12.4. The second kappa shape index (κ2) is 7.79. The number of likely N-dealkylation sites (tertiary alicyclic amines) is 1. The van der Waals surface area contributed by atoms with E-state index < -0.39 is 0 Å². The Balaban J connectivity index is 1.45. The molecule has 130 valence electrons. The molecule has 0 bridgehead atoms. The molecule has 1 aliphatic rings. The van der Waals surface area contributed by atoms with Crippen molar-refractivity contribution in [1.29, 1.82) is 0 Å². The van der Waals surface area contributed by atoms with E-state index in [0.717, 1.165) is 49.6 Å². The highest BCUT2D eigenvalue weighted by Crippen LogP contribution is 2.20. The van der Waals surface area contributed by atoms with Crippen LogP contribution >= 0.6 is 11.3 Å². The van der Waals surface area contributed by atoms with Gasteiger partial charge in [-0.15, -0.1) is 11.3 Å². The monoisotopic (exact) mass is 347 g/mol. The van der Waals surface area contributed by atoms with Gasteiger partial charge in [-0.2, -0.15) is 0 Å². The molecule has 3 rings (SSSR count). The highest BCUT2D eigenvalue weighted by Gasteiger charge is 2.24. The van der Waals surface area contributed by atoms with Crippen LogP contribution in [0.5, 0.6) is 0 Å². The van der Waals surface area contributed by atoms with E-state index in [1.807, 2.05) is 30.5 Å². The minimum absolute atomic E-state index is 0.0489. The number of nitrogens with one attached hydrogen (secondary N) is 1. The Bertz CT molecular complexity index is 680. The predicted molar refractivity (Wildman–Crippen MR) is 95.2 cm³/mol. The van der Waals surface area contributed by atoms with Gasteiger partial charge in [-0.1, -0.05) is 0 Å². The Morgan fingerprint density at radius 3 is 3.04 bits per heavy atom. The number of rotatable bonds is 5. The molecule has 3 heterocycles. The third kappa shape index (κ3) is 4.35. The van der Waals surface area contributed by atoms with Crippen molar-refractivity contribution >= 4 is 17.4 Å². The topological polar surface area (TPSA) is 63.1 Å². The largest absolute Gasteiger partial charge is 0.338 e. The second-order valence-electron chi connectivity index (χ2n) is 6.46. The highest BCUT2D eigenvalue weighted by atomic mass is 32.1. The lowest BCUT2D eigenvalue weighted by molar-refractivity contribution is 0.164. The number of carbonyl (C=O) groups excluding carboxylic acids is 1. The SMILES string of the molecule is Cc1cnc(CCNC(=O)N2CCC[C@H](Cc3nccn3C)C2)s1. The fourth-order valence-electron chi connectivity index (χ4n) is 3.17. The maximum absolute atomic E-state index is 12.4. The van der Waals surface area contributed by atoms with Crippen LogP contribution in [0.3, 0.4) is 0 Å². The van der Waals surface area contributed by atoms with Crippen LogP contribution in [0.1, 0.15) is 28.6 Å². The number of hydrogen-bond donors (Lipinski definition) is 1. The molecule has 2 amide bonds. The molecule has 1 aliphatic heterocycles. The predicted octanol–water partition coefficient (Wildman–Crippen LogP) is 2.39. The van der Waals surface area contributed by atoms with Gasteiger partial charge in [0, 0.05) is 63.0 Å². The number of carbonyl (C=O) groups is 1. The molecule has 6 nitrogen and oxygen atoms in total. The van der Waals surface area contributed by atoms with E-state index in [4.69, 9.17) is 0 Å². The fourth-order valence-corrected chi connectivity index (χ4v) is 3.96.